The van der Waals surface area contributed by atoms with Crippen molar-refractivity contribution in [1.29, 1.82) is 0 Å². The molecule has 0 bridgehead atoms. The number of hydrogen-bond acceptors (Lipinski definition) is 5. The zero-order chi connectivity index (χ0) is 12.3. The smallest absolute Gasteiger partial charge is 0.349 e. The Morgan fingerprint density at radius 1 is 1.59 bits per heavy atom. The standard InChI is InChI=1S/C11H17N3O3/c1-12-10-4-5-14(11(16)13-10)6-8-2-3-9(7-15)17-8/h4-5,8-9,15H,2-3,6-7H2,1H3,(H,12,13,16). The number of ether oxygens (including phenoxy) is 1. The number of anilines is 1. The number of aromatic nitrogens is 2. The molecule has 2 atom stereocenters. The normalized spacial score (nSPS) is 23.9. The Bertz CT molecular complexity index is 432. The average molecular weight is 239 g/mol. The Kier molecular flexibility index (Phi) is 3.75. The number of hydrogen-bond donors (Lipinski definition) is 2. The Balaban J connectivity index is 2.02. The van der Waals surface area contributed by atoms with Crippen LogP contribution in [0.2, 0.25) is 0 Å². The predicted molar refractivity (Wildman–Crippen MR) is 63.0 cm³/mol. The fraction of sp³-hybridized carbons (Fsp3) is 0.636. The third-order valence-corrected chi connectivity index (χ3v) is 2.93. The van der Waals surface area contributed by atoms with Crippen molar-refractivity contribution < 1.29 is 9.84 Å². The second-order valence-electron chi connectivity index (χ2n) is 4.14. The molecule has 1 aromatic heterocycles. The zero-order valence-electron chi connectivity index (χ0n) is 9.80. The quantitative estimate of drug-likeness (QED) is 0.762. The van der Waals surface area contributed by atoms with E-state index in [1.165, 1.54) is 4.57 Å². The molecule has 0 spiro atoms. The van der Waals surface area contributed by atoms with Crippen LogP contribution in [0.5, 0.6) is 0 Å². The lowest BCUT2D eigenvalue weighted by Gasteiger charge is -2.13. The molecular weight excluding hydrogens is 222 g/mol. The monoisotopic (exact) mass is 239 g/mol. The molecule has 6 nitrogen and oxygen atoms in total. The van der Waals surface area contributed by atoms with Crippen LogP contribution in [0.4, 0.5) is 5.82 Å². The van der Waals surface area contributed by atoms with Gasteiger partial charge in [0.05, 0.1) is 25.4 Å². The summed E-state index contributed by atoms with van der Waals surface area (Å²) in [7, 11) is 1.72. The van der Waals surface area contributed by atoms with Gasteiger partial charge in [-0.05, 0) is 18.9 Å². The third-order valence-electron chi connectivity index (χ3n) is 2.93. The minimum absolute atomic E-state index is 0.00733. The highest BCUT2D eigenvalue weighted by Gasteiger charge is 2.24. The first-order valence-corrected chi connectivity index (χ1v) is 5.74. The van der Waals surface area contributed by atoms with Crippen LogP contribution in [-0.4, -0.2) is 40.5 Å². The lowest BCUT2D eigenvalue weighted by atomic mass is 10.2. The summed E-state index contributed by atoms with van der Waals surface area (Å²) < 4.78 is 7.11. The molecule has 0 amide bonds. The largest absolute Gasteiger partial charge is 0.394 e. The molecule has 0 aliphatic carbocycles. The molecule has 2 unspecified atom stereocenters. The zero-order valence-corrected chi connectivity index (χ0v) is 9.80. The SMILES string of the molecule is CNc1ccn(CC2CCC(CO)O2)c(=O)n1. The van der Waals surface area contributed by atoms with Crippen LogP contribution in [0.15, 0.2) is 17.1 Å². The van der Waals surface area contributed by atoms with E-state index in [-0.39, 0.29) is 24.5 Å². The van der Waals surface area contributed by atoms with Gasteiger partial charge in [-0.25, -0.2) is 4.79 Å². The highest BCUT2D eigenvalue weighted by Crippen LogP contribution is 2.20. The minimum Gasteiger partial charge on any atom is -0.394 e. The molecule has 1 saturated heterocycles. The van der Waals surface area contributed by atoms with Crippen molar-refractivity contribution in [2.45, 2.75) is 31.6 Å². The van der Waals surface area contributed by atoms with Crippen LogP contribution >= 0.6 is 0 Å². The summed E-state index contributed by atoms with van der Waals surface area (Å²) in [6.07, 6.45) is 3.33. The second-order valence-corrected chi connectivity index (χ2v) is 4.14. The van der Waals surface area contributed by atoms with E-state index in [0.717, 1.165) is 12.8 Å². The van der Waals surface area contributed by atoms with Gasteiger partial charge >= 0.3 is 5.69 Å². The maximum absolute atomic E-state index is 11.6. The first-order chi connectivity index (χ1) is 8.22. The van der Waals surface area contributed by atoms with Crippen LogP contribution in [0.1, 0.15) is 12.8 Å². The highest BCUT2D eigenvalue weighted by molar-refractivity contribution is 5.30. The van der Waals surface area contributed by atoms with Gasteiger partial charge in [0.1, 0.15) is 5.82 Å². The molecule has 1 aliphatic rings. The Morgan fingerprint density at radius 3 is 2.94 bits per heavy atom. The molecule has 2 rings (SSSR count). The van der Waals surface area contributed by atoms with E-state index in [9.17, 15) is 4.79 Å². The van der Waals surface area contributed by atoms with E-state index < -0.39 is 0 Å². The molecule has 2 N–H and O–H groups in total. The summed E-state index contributed by atoms with van der Waals surface area (Å²) in [6.45, 7) is 0.536. The molecule has 94 valence electrons. The van der Waals surface area contributed by atoms with Crippen LogP contribution in [0, 0.1) is 0 Å². The molecule has 1 fully saturated rings. The van der Waals surface area contributed by atoms with E-state index in [4.69, 9.17) is 9.84 Å². The third kappa shape index (κ3) is 2.83. The Hall–Kier alpha value is -1.40. The molecular formula is C11H17N3O3. The fourth-order valence-corrected chi connectivity index (χ4v) is 1.98. The number of aliphatic hydroxyl groups excluding tert-OH is 1. The number of nitrogens with zero attached hydrogens (tertiary/aromatic N) is 2. The summed E-state index contributed by atoms with van der Waals surface area (Å²) in [4.78, 5) is 15.5. The highest BCUT2D eigenvalue weighted by atomic mass is 16.5. The van der Waals surface area contributed by atoms with Crippen LogP contribution in [0.25, 0.3) is 0 Å². The molecule has 17 heavy (non-hydrogen) atoms. The topological polar surface area (TPSA) is 76.4 Å². The first kappa shape index (κ1) is 12.1. The van der Waals surface area contributed by atoms with Gasteiger partial charge in [-0.3, -0.25) is 4.57 Å². The van der Waals surface area contributed by atoms with Gasteiger partial charge in [-0.2, -0.15) is 4.98 Å². The molecule has 0 saturated carbocycles. The van der Waals surface area contributed by atoms with E-state index in [1.54, 1.807) is 19.3 Å². The van der Waals surface area contributed by atoms with Gasteiger partial charge in [-0.1, -0.05) is 0 Å². The van der Waals surface area contributed by atoms with Crippen molar-refractivity contribution in [1.82, 2.24) is 9.55 Å². The van der Waals surface area contributed by atoms with Gasteiger partial charge in [0.2, 0.25) is 0 Å². The number of rotatable bonds is 4. The molecule has 1 aliphatic heterocycles. The lowest BCUT2D eigenvalue weighted by molar-refractivity contribution is 0.00447. The predicted octanol–water partition coefficient (Wildman–Crippen LogP) is -0.175. The van der Waals surface area contributed by atoms with Crippen molar-refractivity contribution in [3.8, 4) is 0 Å². The molecule has 6 heteroatoms. The maximum Gasteiger partial charge on any atom is 0.349 e. The Labute approximate surface area is 99.2 Å². The van der Waals surface area contributed by atoms with Gasteiger partial charge in [0.25, 0.3) is 0 Å². The summed E-state index contributed by atoms with van der Waals surface area (Å²) >= 11 is 0. The maximum atomic E-state index is 11.6. The van der Waals surface area contributed by atoms with Gasteiger partial charge in [0, 0.05) is 13.2 Å². The molecule has 0 aromatic carbocycles. The average Bonchev–Trinajstić information content (AvgIpc) is 2.79. The van der Waals surface area contributed by atoms with Gasteiger partial charge < -0.3 is 15.2 Å². The number of nitrogens with one attached hydrogen (secondary N) is 1. The van der Waals surface area contributed by atoms with E-state index in [0.29, 0.717) is 12.4 Å². The lowest BCUT2D eigenvalue weighted by Crippen LogP contribution is -2.29. The first-order valence-electron chi connectivity index (χ1n) is 5.74. The Morgan fingerprint density at radius 2 is 2.35 bits per heavy atom. The van der Waals surface area contributed by atoms with E-state index >= 15 is 0 Å². The van der Waals surface area contributed by atoms with Crippen LogP contribution < -0.4 is 11.0 Å². The van der Waals surface area contributed by atoms with Crippen molar-refractivity contribution in [2.24, 2.45) is 0 Å². The van der Waals surface area contributed by atoms with Crippen molar-refractivity contribution in [3.63, 3.8) is 0 Å². The van der Waals surface area contributed by atoms with Crippen molar-refractivity contribution in [2.75, 3.05) is 19.0 Å². The van der Waals surface area contributed by atoms with Crippen LogP contribution in [-0.2, 0) is 11.3 Å². The van der Waals surface area contributed by atoms with Gasteiger partial charge in [0.15, 0.2) is 0 Å². The summed E-state index contributed by atoms with van der Waals surface area (Å²) in [6, 6.07) is 1.75. The molecule has 2 heterocycles. The van der Waals surface area contributed by atoms with Gasteiger partial charge in [-0.15, -0.1) is 0 Å². The fourth-order valence-electron chi connectivity index (χ4n) is 1.98. The molecule has 0 radical (unpaired) electrons. The molecule has 1 aromatic rings. The summed E-state index contributed by atoms with van der Waals surface area (Å²) in [5.74, 6) is 0.562. The van der Waals surface area contributed by atoms with E-state index in [1.807, 2.05) is 0 Å². The van der Waals surface area contributed by atoms with Crippen molar-refractivity contribution in [3.05, 3.63) is 22.7 Å². The minimum atomic E-state index is -0.284. The second kappa shape index (κ2) is 5.29. The summed E-state index contributed by atoms with van der Waals surface area (Å²) in [5.41, 5.74) is -0.284. The van der Waals surface area contributed by atoms with Crippen LogP contribution in [0.3, 0.4) is 0 Å². The number of aliphatic hydroxyl groups is 1. The van der Waals surface area contributed by atoms with E-state index in [2.05, 4.69) is 10.3 Å². The van der Waals surface area contributed by atoms with Crippen molar-refractivity contribution >= 4 is 5.82 Å². The summed E-state index contributed by atoms with van der Waals surface area (Å²) in [5, 5.41) is 11.8.